The molecule has 0 radical (unpaired) electrons. The van der Waals surface area contributed by atoms with Gasteiger partial charge in [-0.2, -0.15) is 0 Å². The van der Waals surface area contributed by atoms with E-state index in [1.165, 1.54) is 0 Å². The zero-order valence-corrected chi connectivity index (χ0v) is 13.5. The van der Waals surface area contributed by atoms with Gasteiger partial charge in [-0.1, -0.05) is 54.6 Å². The third-order valence-corrected chi connectivity index (χ3v) is 4.11. The summed E-state index contributed by atoms with van der Waals surface area (Å²) in [5, 5.41) is 0. The maximum atomic E-state index is 11.3. The molecule has 0 fully saturated rings. The molecule has 0 atom stereocenters. The molecule has 1 heterocycles. The van der Waals surface area contributed by atoms with Crippen molar-refractivity contribution >= 4 is 17.0 Å². The monoisotopic (exact) mass is 328 g/mol. The van der Waals surface area contributed by atoms with Crippen LogP contribution in [-0.4, -0.2) is 10.9 Å². The molecular formula is C21H16N2O2. The molecule has 3 aromatic carbocycles. The van der Waals surface area contributed by atoms with Crippen LogP contribution in [0.15, 0.2) is 77.2 Å². The van der Waals surface area contributed by atoms with E-state index in [0.29, 0.717) is 11.5 Å². The van der Waals surface area contributed by atoms with Crippen molar-refractivity contribution in [1.82, 2.24) is 4.98 Å². The summed E-state index contributed by atoms with van der Waals surface area (Å²) < 4.78 is 5.90. The number of nitrogens with two attached hydrogens (primary N) is 1. The van der Waals surface area contributed by atoms with Crippen LogP contribution in [0.3, 0.4) is 0 Å². The van der Waals surface area contributed by atoms with Crippen LogP contribution in [-0.2, 0) is 11.2 Å². The molecule has 1 amide bonds. The fourth-order valence-electron chi connectivity index (χ4n) is 2.92. The summed E-state index contributed by atoms with van der Waals surface area (Å²) >= 11 is 0. The molecule has 4 aromatic rings. The molecule has 2 N–H and O–H groups in total. The van der Waals surface area contributed by atoms with Gasteiger partial charge in [0.25, 0.3) is 0 Å². The quantitative estimate of drug-likeness (QED) is 0.611. The van der Waals surface area contributed by atoms with E-state index in [-0.39, 0.29) is 12.3 Å². The standard InChI is InChI=1S/C21H16N2O2/c22-20(24)13-16-8-4-5-9-17(16)21-23-18-12-15(10-11-19(18)25-21)14-6-2-1-3-7-14/h1-12H,13H2,(H2,22,24). The summed E-state index contributed by atoms with van der Waals surface area (Å²) in [5.41, 5.74) is 10.6. The number of benzene rings is 3. The van der Waals surface area contributed by atoms with Crippen LogP contribution in [0.2, 0.25) is 0 Å². The Morgan fingerprint density at radius 1 is 0.920 bits per heavy atom. The lowest BCUT2D eigenvalue weighted by atomic mass is 10.0. The smallest absolute Gasteiger partial charge is 0.227 e. The van der Waals surface area contributed by atoms with Crippen molar-refractivity contribution in [2.24, 2.45) is 5.73 Å². The third-order valence-electron chi connectivity index (χ3n) is 4.11. The minimum atomic E-state index is -0.380. The molecule has 25 heavy (non-hydrogen) atoms. The first-order valence-corrected chi connectivity index (χ1v) is 8.03. The second kappa shape index (κ2) is 6.24. The van der Waals surface area contributed by atoms with Crippen molar-refractivity contribution in [3.63, 3.8) is 0 Å². The first kappa shape index (κ1) is 15.1. The second-order valence-electron chi connectivity index (χ2n) is 5.87. The molecule has 0 saturated heterocycles. The van der Waals surface area contributed by atoms with Gasteiger partial charge in [0.05, 0.1) is 6.42 Å². The highest BCUT2D eigenvalue weighted by atomic mass is 16.3. The van der Waals surface area contributed by atoms with Crippen molar-refractivity contribution in [2.45, 2.75) is 6.42 Å². The van der Waals surface area contributed by atoms with E-state index >= 15 is 0 Å². The minimum Gasteiger partial charge on any atom is -0.436 e. The van der Waals surface area contributed by atoms with Crippen molar-refractivity contribution in [2.75, 3.05) is 0 Å². The minimum absolute atomic E-state index is 0.157. The Hall–Kier alpha value is -3.40. The number of hydrogen-bond acceptors (Lipinski definition) is 3. The van der Waals surface area contributed by atoms with Crippen LogP contribution in [0, 0.1) is 0 Å². The number of rotatable bonds is 4. The Balaban J connectivity index is 1.79. The Bertz CT molecular complexity index is 1050. The Morgan fingerprint density at radius 2 is 1.68 bits per heavy atom. The number of primary amides is 1. The molecule has 4 nitrogen and oxygen atoms in total. The summed E-state index contributed by atoms with van der Waals surface area (Å²) in [5.74, 6) is 0.118. The molecular weight excluding hydrogens is 312 g/mol. The molecule has 0 aliphatic rings. The molecule has 0 aliphatic heterocycles. The van der Waals surface area contributed by atoms with E-state index in [0.717, 1.165) is 27.8 Å². The summed E-state index contributed by atoms with van der Waals surface area (Å²) in [4.78, 5) is 15.9. The number of nitrogens with zero attached hydrogens (tertiary/aromatic N) is 1. The summed E-state index contributed by atoms with van der Waals surface area (Å²) in [7, 11) is 0. The largest absolute Gasteiger partial charge is 0.436 e. The van der Waals surface area contributed by atoms with Gasteiger partial charge in [-0.3, -0.25) is 4.79 Å². The fourth-order valence-corrected chi connectivity index (χ4v) is 2.92. The number of carbonyl (C=O) groups is 1. The highest BCUT2D eigenvalue weighted by molar-refractivity contribution is 5.84. The number of amides is 1. The second-order valence-corrected chi connectivity index (χ2v) is 5.87. The molecule has 4 heteroatoms. The number of oxazole rings is 1. The number of carbonyl (C=O) groups excluding carboxylic acids is 1. The molecule has 122 valence electrons. The predicted molar refractivity (Wildman–Crippen MR) is 97.8 cm³/mol. The van der Waals surface area contributed by atoms with Gasteiger partial charge in [0.2, 0.25) is 11.8 Å². The summed E-state index contributed by atoms with van der Waals surface area (Å²) in [6, 6.07) is 23.6. The first-order chi connectivity index (χ1) is 12.2. The molecule has 0 aliphatic carbocycles. The maximum absolute atomic E-state index is 11.3. The molecule has 0 saturated carbocycles. The lowest BCUT2D eigenvalue weighted by Crippen LogP contribution is -2.14. The maximum Gasteiger partial charge on any atom is 0.227 e. The lowest BCUT2D eigenvalue weighted by Gasteiger charge is -2.03. The van der Waals surface area contributed by atoms with Gasteiger partial charge in [-0.15, -0.1) is 0 Å². The van der Waals surface area contributed by atoms with Crippen molar-refractivity contribution in [3.8, 4) is 22.6 Å². The zero-order chi connectivity index (χ0) is 17.2. The highest BCUT2D eigenvalue weighted by Crippen LogP contribution is 2.30. The van der Waals surface area contributed by atoms with Gasteiger partial charge in [0.15, 0.2) is 5.58 Å². The molecule has 1 aromatic heterocycles. The number of hydrogen-bond donors (Lipinski definition) is 1. The average molecular weight is 328 g/mol. The van der Waals surface area contributed by atoms with Crippen LogP contribution in [0.4, 0.5) is 0 Å². The number of fused-ring (bicyclic) bond motifs is 1. The fraction of sp³-hybridized carbons (Fsp3) is 0.0476. The van der Waals surface area contributed by atoms with Gasteiger partial charge in [0.1, 0.15) is 5.52 Å². The Kier molecular flexibility index (Phi) is 3.78. The zero-order valence-electron chi connectivity index (χ0n) is 13.5. The highest BCUT2D eigenvalue weighted by Gasteiger charge is 2.14. The van der Waals surface area contributed by atoms with Gasteiger partial charge in [-0.05, 0) is 34.9 Å². The SMILES string of the molecule is NC(=O)Cc1ccccc1-c1nc2cc(-c3ccccc3)ccc2o1. The Labute approximate surface area is 144 Å². The van der Waals surface area contributed by atoms with Crippen LogP contribution in [0.25, 0.3) is 33.7 Å². The predicted octanol–water partition coefficient (Wildman–Crippen LogP) is 4.19. The first-order valence-electron chi connectivity index (χ1n) is 8.03. The van der Waals surface area contributed by atoms with E-state index in [9.17, 15) is 4.79 Å². The molecule has 4 rings (SSSR count). The van der Waals surface area contributed by atoms with Gasteiger partial charge in [-0.25, -0.2) is 4.98 Å². The Morgan fingerprint density at radius 3 is 2.48 bits per heavy atom. The van der Waals surface area contributed by atoms with Crippen molar-refractivity contribution in [3.05, 3.63) is 78.4 Å². The normalized spacial score (nSPS) is 10.9. The lowest BCUT2D eigenvalue weighted by molar-refractivity contribution is -0.117. The average Bonchev–Trinajstić information content (AvgIpc) is 3.05. The topological polar surface area (TPSA) is 69.1 Å². The van der Waals surface area contributed by atoms with Crippen LogP contribution in [0.5, 0.6) is 0 Å². The molecule has 0 spiro atoms. The van der Waals surface area contributed by atoms with E-state index < -0.39 is 0 Å². The molecule has 0 unspecified atom stereocenters. The van der Waals surface area contributed by atoms with Gasteiger partial charge in [0, 0.05) is 5.56 Å². The van der Waals surface area contributed by atoms with Crippen LogP contribution >= 0.6 is 0 Å². The summed E-state index contributed by atoms with van der Waals surface area (Å²) in [6.45, 7) is 0. The van der Waals surface area contributed by atoms with Crippen molar-refractivity contribution < 1.29 is 9.21 Å². The van der Waals surface area contributed by atoms with Gasteiger partial charge < -0.3 is 10.2 Å². The molecule has 0 bridgehead atoms. The van der Waals surface area contributed by atoms with Crippen LogP contribution < -0.4 is 5.73 Å². The van der Waals surface area contributed by atoms with Gasteiger partial charge >= 0.3 is 0 Å². The van der Waals surface area contributed by atoms with E-state index in [4.69, 9.17) is 10.2 Å². The van der Waals surface area contributed by atoms with Crippen molar-refractivity contribution in [1.29, 1.82) is 0 Å². The summed E-state index contributed by atoms with van der Waals surface area (Å²) in [6.07, 6.45) is 0.157. The third kappa shape index (κ3) is 3.02. The van der Waals surface area contributed by atoms with E-state index in [1.54, 1.807) is 0 Å². The van der Waals surface area contributed by atoms with Crippen LogP contribution in [0.1, 0.15) is 5.56 Å². The van der Waals surface area contributed by atoms with E-state index in [2.05, 4.69) is 17.1 Å². The number of aromatic nitrogens is 1. The van der Waals surface area contributed by atoms with E-state index in [1.807, 2.05) is 60.7 Å².